The predicted octanol–water partition coefficient (Wildman–Crippen LogP) is 0.360. The number of carbonyl (C=O) groups is 1. The number of nitrogens with zero attached hydrogens (tertiary/aromatic N) is 2. The lowest BCUT2D eigenvalue weighted by molar-refractivity contribution is -0.119. The van der Waals surface area contributed by atoms with Crippen molar-refractivity contribution >= 4 is 5.91 Å². The molecule has 1 N–H and O–H groups in total. The van der Waals surface area contributed by atoms with Crippen LogP contribution in [0.25, 0.3) is 0 Å². The van der Waals surface area contributed by atoms with E-state index in [-0.39, 0.29) is 23.6 Å². The summed E-state index contributed by atoms with van der Waals surface area (Å²) >= 11 is 0. The summed E-state index contributed by atoms with van der Waals surface area (Å²) in [6.45, 7) is 6.53. The first-order chi connectivity index (χ1) is 12.6. The molecule has 7 heteroatoms. The van der Waals surface area contributed by atoms with Crippen molar-refractivity contribution < 1.29 is 14.3 Å². The molecule has 4 heterocycles. The molecular formula is C19H27N3O4. The Morgan fingerprint density at radius 3 is 2.73 bits per heavy atom. The summed E-state index contributed by atoms with van der Waals surface area (Å²) in [6.07, 6.45) is 1.05. The second-order valence-corrected chi connectivity index (χ2v) is 7.61. The highest BCUT2D eigenvalue weighted by Crippen LogP contribution is 2.41. The van der Waals surface area contributed by atoms with Gasteiger partial charge in [0.2, 0.25) is 5.91 Å². The zero-order valence-electron chi connectivity index (χ0n) is 15.2. The van der Waals surface area contributed by atoms with Gasteiger partial charge in [0.1, 0.15) is 0 Å². The molecule has 0 aliphatic carbocycles. The third-order valence-electron chi connectivity index (χ3n) is 5.90. The maximum Gasteiger partial charge on any atom is 0.251 e. The second-order valence-electron chi connectivity index (χ2n) is 7.61. The highest BCUT2D eigenvalue weighted by Gasteiger charge is 2.42. The average molecular weight is 361 g/mol. The molecule has 7 nitrogen and oxygen atoms in total. The Balaban J connectivity index is 1.63. The fraction of sp³-hybridized carbons (Fsp3) is 0.684. The fourth-order valence-corrected chi connectivity index (χ4v) is 4.70. The number of nitrogens with one attached hydrogen (secondary N) is 1. The minimum absolute atomic E-state index is 0.00531. The molecule has 4 rings (SSSR count). The average Bonchev–Trinajstić information content (AvgIpc) is 2.91. The summed E-state index contributed by atoms with van der Waals surface area (Å²) in [5.74, 6) is 0.604. The van der Waals surface area contributed by atoms with Crippen LogP contribution in [0.15, 0.2) is 23.0 Å². The standard InChI is InChI=1S/C19H27N3O4/c1-13(23)20-8-18-15-7-14(17-3-2-4-19(24)22(17)18)9-21(10-15)16-11-25-5-6-26-12-16/h2-4,14-16,18H,5-12H2,1H3,(H,20,23)/t14-,15+,18+/m1/s1. The van der Waals surface area contributed by atoms with E-state index in [4.69, 9.17) is 9.47 Å². The Morgan fingerprint density at radius 2 is 2.00 bits per heavy atom. The van der Waals surface area contributed by atoms with Crippen LogP contribution in [0, 0.1) is 5.92 Å². The first-order valence-electron chi connectivity index (χ1n) is 9.49. The van der Waals surface area contributed by atoms with Crippen molar-refractivity contribution in [3.63, 3.8) is 0 Å². The van der Waals surface area contributed by atoms with Gasteiger partial charge in [0.05, 0.1) is 38.5 Å². The number of piperidine rings is 1. The third kappa shape index (κ3) is 3.43. The van der Waals surface area contributed by atoms with Crippen molar-refractivity contribution in [2.45, 2.75) is 31.3 Å². The predicted molar refractivity (Wildman–Crippen MR) is 96.3 cm³/mol. The minimum atomic E-state index is -0.0594. The minimum Gasteiger partial charge on any atom is -0.377 e. The molecule has 3 aliphatic rings. The molecule has 0 saturated carbocycles. The Labute approximate surface area is 153 Å². The van der Waals surface area contributed by atoms with Crippen molar-refractivity contribution in [2.24, 2.45) is 5.92 Å². The first kappa shape index (κ1) is 17.7. The Morgan fingerprint density at radius 1 is 1.23 bits per heavy atom. The van der Waals surface area contributed by atoms with E-state index in [1.165, 1.54) is 6.92 Å². The number of ether oxygens (including phenoxy) is 2. The number of hydrogen-bond donors (Lipinski definition) is 1. The van der Waals surface area contributed by atoms with Crippen LogP contribution in [0.3, 0.4) is 0 Å². The van der Waals surface area contributed by atoms with E-state index < -0.39 is 0 Å². The largest absolute Gasteiger partial charge is 0.377 e. The SMILES string of the molecule is CC(=O)NC[C@H]1[C@H]2C[C@H](CN(C3COCCOC3)C2)c2cccc(=O)n21. The number of aromatic nitrogens is 1. The third-order valence-corrected chi connectivity index (χ3v) is 5.90. The van der Waals surface area contributed by atoms with E-state index in [2.05, 4.69) is 16.3 Å². The topological polar surface area (TPSA) is 72.8 Å². The van der Waals surface area contributed by atoms with E-state index in [0.29, 0.717) is 44.8 Å². The van der Waals surface area contributed by atoms with E-state index in [0.717, 1.165) is 25.2 Å². The number of amides is 1. The highest BCUT2D eigenvalue weighted by atomic mass is 16.5. The van der Waals surface area contributed by atoms with Crippen LogP contribution < -0.4 is 10.9 Å². The van der Waals surface area contributed by atoms with Gasteiger partial charge in [-0.2, -0.15) is 0 Å². The summed E-state index contributed by atoms with van der Waals surface area (Å²) in [5, 5.41) is 2.92. The molecule has 0 spiro atoms. The summed E-state index contributed by atoms with van der Waals surface area (Å²) in [7, 11) is 0. The number of pyridine rings is 1. The number of carbonyl (C=O) groups excluding carboxylic acids is 1. The van der Waals surface area contributed by atoms with Gasteiger partial charge in [-0.3, -0.25) is 14.5 Å². The van der Waals surface area contributed by atoms with Gasteiger partial charge in [-0.25, -0.2) is 0 Å². The molecule has 1 amide bonds. The van der Waals surface area contributed by atoms with E-state index >= 15 is 0 Å². The highest BCUT2D eigenvalue weighted by molar-refractivity contribution is 5.72. The Hall–Kier alpha value is -1.70. The van der Waals surface area contributed by atoms with Crippen LogP contribution in [0.2, 0.25) is 0 Å². The summed E-state index contributed by atoms with van der Waals surface area (Å²) < 4.78 is 13.3. The van der Waals surface area contributed by atoms with Gasteiger partial charge >= 0.3 is 0 Å². The monoisotopic (exact) mass is 361 g/mol. The molecule has 0 aromatic carbocycles. The molecule has 0 radical (unpaired) electrons. The fourth-order valence-electron chi connectivity index (χ4n) is 4.70. The molecule has 1 aromatic heterocycles. The lowest BCUT2D eigenvalue weighted by atomic mass is 9.78. The molecule has 2 bridgehead atoms. The number of hydrogen-bond acceptors (Lipinski definition) is 5. The van der Waals surface area contributed by atoms with Crippen molar-refractivity contribution in [3.05, 3.63) is 34.2 Å². The smallest absolute Gasteiger partial charge is 0.251 e. The van der Waals surface area contributed by atoms with Gasteiger partial charge < -0.3 is 19.4 Å². The van der Waals surface area contributed by atoms with Crippen molar-refractivity contribution in [1.82, 2.24) is 14.8 Å². The number of likely N-dealkylation sites (tertiary alicyclic amines) is 1. The van der Waals surface area contributed by atoms with Crippen LogP contribution in [0.5, 0.6) is 0 Å². The molecule has 3 atom stereocenters. The maximum atomic E-state index is 12.6. The van der Waals surface area contributed by atoms with Gasteiger partial charge in [-0.05, 0) is 18.4 Å². The normalized spacial score (nSPS) is 29.7. The molecule has 3 aliphatic heterocycles. The summed E-state index contributed by atoms with van der Waals surface area (Å²) in [5.41, 5.74) is 1.12. The lowest BCUT2D eigenvalue weighted by Crippen LogP contribution is -2.55. The van der Waals surface area contributed by atoms with Crippen molar-refractivity contribution in [1.29, 1.82) is 0 Å². The van der Waals surface area contributed by atoms with Crippen LogP contribution in [0.1, 0.15) is 31.0 Å². The number of fused-ring (bicyclic) bond motifs is 4. The molecule has 0 unspecified atom stereocenters. The molecule has 142 valence electrons. The first-order valence-corrected chi connectivity index (χ1v) is 9.49. The Bertz CT molecular complexity index is 711. The van der Waals surface area contributed by atoms with Crippen LogP contribution in [0.4, 0.5) is 0 Å². The lowest BCUT2D eigenvalue weighted by Gasteiger charge is -2.48. The van der Waals surface area contributed by atoms with Gasteiger partial charge in [0.15, 0.2) is 0 Å². The molecule has 26 heavy (non-hydrogen) atoms. The number of rotatable bonds is 3. The van der Waals surface area contributed by atoms with E-state index in [1.807, 2.05) is 10.6 Å². The van der Waals surface area contributed by atoms with Gasteiger partial charge in [-0.15, -0.1) is 0 Å². The van der Waals surface area contributed by atoms with E-state index in [1.54, 1.807) is 6.07 Å². The van der Waals surface area contributed by atoms with Crippen LogP contribution >= 0.6 is 0 Å². The molecule has 2 saturated heterocycles. The molecular weight excluding hydrogens is 334 g/mol. The zero-order valence-corrected chi connectivity index (χ0v) is 15.2. The van der Waals surface area contributed by atoms with Gasteiger partial charge in [0.25, 0.3) is 5.56 Å². The summed E-state index contributed by atoms with van der Waals surface area (Å²) in [6, 6.07) is 5.78. The van der Waals surface area contributed by atoms with E-state index in [9.17, 15) is 9.59 Å². The maximum absolute atomic E-state index is 12.6. The molecule has 2 fully saturated rings. The second kappa shape index (κ2) is 7.50. The van der Waals surface area contributed by atoms with Crippen LogP contribution in [-0.4, -0.2) is 67.5 Å². The zero-order chi connectivity index (χ0) is 18.1. The Kier molecular flexibility index (Phi) is 5.11. The van der Waals surface area contributed by atoms with Crippen molar-refractivity contribution in [2.75, 3.05) is 46.1 Å². The van der Waals surface area contributed by atoms with Gasteiger partial charge in [-0.1, -0.05) is 6.07 Å². The van der Waals surface area contributed by atoms with Gasteiger partial charge in [0, 0.05) is 44.2 Å². The van der Waals surface area contributed by atoms with Crippen molar-refractivity contribution in [3.8, 4) is 0 Å². The summed E-state index contributed by atoms with van der Waals surface area (Å²) in [4.78, 5) is 26.5. The molecule has 1 aromatic rings. The van der Waals surface area contributed by atoms with Crippen LogP contribution in [-0.2, 0) is 14.3 Å². The quantitative estimate of drug-likeness (QED) is 0.842.